The monoisotopic (exact) mass is 234 g/mol. The van der Waals surface area contributed by atoms with Crippen molar-refractivity contribution < 1.29 is 19.5 Å². The summed E-state index contributed by atoms with van der Waals surface area (Å²) in [7, 11) is 0. The Bertz CT molecular complexity index is 561. The molecule has 0 fully saturated rings. The molecule has 6 nitrogen and oxygen atoms in total. The number of aromatic nitrogens is 1. The van der Waals surface area contributed by atoms with E-state index in [-0.39, 0.29) is 0 Å². The number of aromatic amines is 1. The Hall–Kier alpha value is -2.34. The van der Waals surface area contributed by atoms with Gasteiger partial charge in [0.25, 0.3) is 5.91 Å². The molecule has 0 saturated carbocycles. The Balaban J connectivity index is 2.13. The van der Waals surface area contributed by atoms with E-state index in [9.17, 15) is 9.59 Å². The minimum Gasteiger partial charge on any atom is -0.479 e. The summed E-state index contributed by atoms with van der Waals surface area (Å²) in [5, 5.41) is 9.11. The lowest BCUT2D eigenvalue weighted by Crippen LogP contribution is -2.26. The number of aliphatic carboxylic acids is 1. The number of benzene rings is 1. The number of amides is 1. The van der Waals surface area contributed by atoms with Gasteiger partial charge in [-0.3, -0.25) is 9.63 Å². The third-order valence-corrected chi connectivity index (χ3v) is 2.20. The molecule has 0 unspecified atom stereocenters. The Labute approximate surface area is 96.2 Å². The van der Waals surface area contributed by atoms with Crippen molar-refractivity contribution in [2.24, 2.45) is 0 Å². The average molecular weight is 234 g/mol. The summed E-state index contributed by atoms with van der Waals surface area (Å²) in [4.78, 5) is 29.4. The van der Waals surface area contributed by atoms with Gasteiger partial charge in [0.15, 0.2) is 6.61 Å². The molecule has 0 aliphatic rings. The quantitative estimate of drug-likeness (QED) is 0.686. The predicted molar refractivity (Wildman–Crippen MR) is 59.4 cm³/mol. The van der Waals surface area contributed by atoms with Gasteiger partial charge in [-0.2, -0.15) is 0 Å². The molecule has 1 aromatic heterocycles. The highest BCUT2D eigenvalue weighted by atomic mass is 16.7. The average Bonchev–Trinajstić information content (AvgIpc) is 2.75. The van der Waals surface area contributed by atoms with Crippen molar-refractivity contribution in [3.8, 4) is 0 Å². The van der Waals surface area contributed by atoms with E-state index in [0.717, 1.165) is 10.9 Å². The van der Waals surface area contributed by atoms with E-state index < -0.39 is 18.5 Å². The maximum absolute atomic E-state index is 11.7. The third-order valence-electron chi connectivity index (χ3n) is 2.20. The molecule has 0 atom stereocenters. The summed E-state index contributed by atoms with van der Waals surface area (Å²) in [5.74, 6) is -1.62. The number of hydrogen-bond acceptors (Lipinski definition) is 3. The molecule has 17 heavy (non-hydrogen) atoms. The SMILES string of the molecule is O=C(O)CONC(=O)c1cccc2[nH]ccc12. The number of rotatable bonds is 4. The summed E-state index contributed by atoms with van der Waals surface area (Å²) in [5.41, 5.74) is 3.33. The van der Waals surface area contributed by atoms with Gasteiger partial charge < -0.3 is 10.1 Å². The summed E-state index contributed by atoms with van der Waals surface area (Å²) < 4.78 is 0. The van der Waals surface area contributed by atoms with Crippen LogP contribution in [0.25, 0.3) is 10.9 Å². The first-order valence-corrected chi connectivity index (χ1v) is 4.88. The van der Waals surface area contributed by atoms with Gasteiger partial charge in [0.05, 0.1) is 5.56 Å². The van der Waals surface area contributed by atoms with Crippen LogP contribution < -0.4 is 5.48 Å². The Morgan fingerprint density at radius 1 is 1.35 bits per heavy atom. The van der Waals surface area contributed by atoms with Gasteiger partial charge in [0.2, 0.25) is 0 Å². The molecular formula is C11H10N2O4. The second kappa shape index (κ2) is 4.67. The Kier molecular flexibility index (Phi) is 3.06. The van der Waals surface area contributed by atoms with E-state index in [0.29, 0.717) is 5.56 Å². The molecule has 1 heterocycles. The van der Waals surface area contributed by atoms with E-state index in [2.05, 4.69) is 15.3 Å². The lowest BCUT2D eigenvalue weighted by atomic mass is 10.1. The van der Waals surface area contributed by atoms with Crippen molar-refractivity contribution >= 4 is 22.8 Å². The smallest absolute Gasteiger partial charge is 0.332 e. The van der Waals surface area contributed by atoms with E-state index in [1.54, 1.807) is 24.4 Å². The lowest BCUT2D eigenvalue weighted by molar-refractivity contribution is -0.144. The second-order valence-electron chi connectivity index (χ2n) is 3.36. The summed E-state index contributed by atoms with van der Waals surface area (Å²) in [6.45, 7) is -0.575. The molecule has 0 aliphatic carbocycles. The zero-order valence-corrected chi connectivity index (χ0v) is 8.77. The third kappa shape index (κ3) is 2.43. The molecule has 0 spiro atoms. The summed E-state index contributed by atoms with van der Waals surface area (Å²) in [6, 6.07) is 6.96. The largest absolute Gasteiger partial charge is 0.479 e. The van der Waals surface area contributed by atoms with Crippen LogP contribution in [0.3, 0.4) is 0 Å². The number of H-pyrrole nitrogens is 1. The van der Waals surface area contributed by atoms with Crippen molar-refractivity contribution in [3.63, 3.8) is 0 Å². The van der Waals surface area contributed by atoms with Gasteiger partial charge in [-0.05, 0) is 18.2 Å². The molecule has 0 saturated heterocycles. The molecule has 2 aromatic rings. The van der Waals surface area contributed by atoms with Gasteiger partial charge in [0, 0.05) is 17.1 Å². The van der Waals surface area contributed by atoms with Crippen LogP contribution in [0.15, 0.2) is 30.5 Å². The Morgan fingerprint density at radius 3 is 2.94 bits per heavy atom. The maximum Gasteiger partial charge on any atom is 0.332 e. The number of nitrogens with one attached hydrogen (secondary N) is 2. The highest BCUT2D eigenvalue weighted by molar-refractivity contribution is 6.05. The number of hydrogen-bond donors (Lipinski definition) is 3. The van der Waals surface area contributed by atoms with Crippen molar-refractivity contribution in [3.05, 3.63) is 36.0 Å². The molecule has 1 amide bonds. The van der Waals surface area contributed by atoms with E-state index in [4.69, 9.17) is 5.11 Å². The minimum absolute atomic E-state index is 0.425. The van der Waals surface area contributed by atoms with E-state index in [1.807, 2.05) is 6.07 Å². The van der Waals surface area contributed by atoms with Crippen LogP contribution in [0.1, 0.15) is 10.4 Å². The number of carboxylic acids is 1. The molecule has 0 bridgehead atoms. The van der Waals surface area contributed by atoms with Crippen LogP contribution >= 0.6 is 0 Å². The van der Waals surface area contributed by atoms with Crippen LogP contribution in [0.4, 0.5) is 0 Å². The highest BCUT2D eigenvalue weighted by Gasteiger charge is 2.10. The van der Waals surface area contributed by atoms with Gasteiger partial charge in [-0.1, -0.05) is 6.07 Å². The maximum atomic E-state index is 11.7. The van der Waals surface area contributed by atoms with Gasteiger partial charge >= 0.3 is 5.97 Å². The fraction of sp³-hybridized carbons (Fsp3) is 0.0909. The van der Waals surface area contributed by atoms with Crippen LogP contribution in [0, 0.1) is 0 Å². The fourth-order valence-corrected chi connectivity index (χ4v) is 1.50. The first-order valence-electron chi connectivity index (χ1n) is 4.88. The van der Waals surface area contributed by atoms with Crippen LogP contribution in [-0.4, -0.2) is 28.6 Å². The van der Waals surface area contributed by atoms with Crippen molar-refractivity contribution in [1.29, 1.82) is 0 Å². The van der Waals surface area contributed by atoms with Gasteiger partial charge in [-0.15, -0.1) is 0 Å². The fourth-order valence-electron chi connectivity index (χ4n) is 1.50. The number of carbonyl (C=O) groups excluding carboxylic acids is 1. The second-order valence-corrected chi connectivity index (χ2v) is 3.36. The first kappa shape index (κ1) is 11.2. The van der Waals surface area contributed by atoms with Crippen LogP contribution in [0.2, 0.25) is 0 Å². The molecule has 1 aromatic carbocycles. The lowest BCUT2D eigenvalue weighted by Gasteiger charge is -2.04. The molecule has 88 valence electrons. The number of fused-ring (bicyclic) bond motifs is 1. The minimum atomic E-state index is -1.15. The zero-order valence-electron chi connectivity index (χ0n) is 8.77. The number of hydroxylamine groups is 1. The van der Waals surface area contributed by atoms with Gasteiger partial charge in [-0.25, -0.2) is 10.3 Å². The standard InChI is InChI=1S/C11H10N2O4/c14-10(15)6-17-13-11(16)8-2-1-3-9-7(8)4-5-12-9/h1-5,12H,6H2,(H,13,16)(H,14,15). The predicted octanol–water partition coefficient (Wildman–Crippen LogP) is 0.914. The zero-order chi connectivity index (χ0) is 12.3. The van der Waals surface area contributed by atoms with Crippen LogP contribution in [0.5, 0.6) is 0 Å². The number of carboxylic acid groups (broad SMARTS) is 1. The van der Waals surface area contributed by atoms with E-state index >= 15 is 0 Å². The normalized spacial score (nSPS) is 10.4. The summed E-state index contributed by atoms with van der Waals surface area (Å²) >= 11 is 0. The molecule has 2 rings (SSSR count). The van der Waals surface area contributed by atoms with Crippen LogP contribution in [-0.2, 0) is 9.63 Å². The van der Waals surface area contributed by atoms with Crippen molar-refractivity contribution in [1.82, 2.24) is 10.5 Å². The van der Waals surface area contributed by atoms with E-state index in [1.165, 1.54) is 0 Å². The van der Waals surface area contributed by atoms with Gasteiger partial charge in [0.1, 0.15) is 0 Å². The molecular weight excluding hydrogens is 224 g/mol. The number of carbonyl (C=O) groups is 2. The first-order chi connectivity index (χ1) is 8.18. The Morgan fingerprint density at radius 2 is 2.18 bits per heavy atom. The molecule has 3 N–H and O–H groups in total. The molecule has 0 radical (unpaired) electrons. The topological polar surface area (TPSA) is 91.4 Å². The highest BCUT2D eigenvalue weighted by Crippen LogP contribution is 2.16. The van der Waals surface area contributed by atoms with Crippen molar-refractivity contribution in [2.75, 3.05) is 6.61 Å². The molecule has 0 aliphatic heterocycles. The van der Waals surface area contributed by atoms with Crippen molar-refractivity contribution in [2.45, 2.75) is 0 Å². The molecule has 6 heteroatoms. The summed E-state index contributed by atoms with van der Waals surface area (Å²) in [6.07, 6.45) is 1.72.